The molecular formula is C10H14N2O4. The van der Waals surface area contributed by atoms with Crippen molar-refractivity contribution >= 4 is 5.97 Å². The van der Waals surface area contributed by atoms with Gasteiger partial charge in [-0.3, -0.25) is 14.6 Å². The highest BCUT2D eigenvalue weighted by atomic mass is 16.5. The van der Waals surface area contributed by atoms with Gasteiger partial charge in [-0.25, -0.2) is 4.79 Å². The fraction of sp³-hybridized carbons (Fsp3) is 0.500. The van der Waals surface area contributed by atoms with Gasteiger partial charge in [0.1, 0.15) is 0 Å². The van der Waals surface area contributed by atoms with E-state index in [4.69, 9.17) is 4.74 Å². The third-order valence-electron chi connectivity index (χ3n) is 2.16. The molecule has 0 aliphatic heterocycles. The van der Waals surface area contributed by atoms with Crippen LogP contribution in [-0.4, -0.2) is 22.5 Å². The number of carbonyl (C=O) groups is 1. The topological polar surface area (TPSA) is 92.0 Å². The molecule has 1 aromatic rings. The highest BCUT2D eigenvalue weighted by Gasteiger charge is 2.04. The summed E-state index contributed by atoms with van der Waals surface area (Å²) in [6.07, 6.45) is 1.07. The number of carbonyl (C=O) groups excluding carboxylic acids is 1. The van der Waals surface area contributed by atoms with Crippen LogP contribution in [0.25, 0.3) is 0 Å². The standard InChI is InChI=1S/C10H14N2O4/c1-6-8(4-3-5-16-7(2)13)11-10(15)12-9(6)14/h3-5H2,1-2H3,(H2,11,12,14,15). The van der Waals surface area contributed by atoms with Crippen molar-refractivity contribution in [3.8, 4) is 0 Å². The SMILES string of the molecule is CC(=O)OCCCc1[nH]c(=O)[nH]c(=O)c1C. The molecule has 0 fully saturated rings. The fourth-order valence-electron chi connectivity index (χ4n) is 1.31. The molecule has 16 heavy (non-hydrogen) atoms. The van der Waals surface area contributed by atoms with Crippen molar-refractivity contribution in [2.24, 2.45) is 0 Å². The van der Waals surface area contributed by atoms with Crippen LogP contribution < -0.4 is 11.2 Å². The van der Waals surface area contributed by atoms with Gasteiger partial charge in [0.05, 0.1) is 6.61 Å². The van der Waals surface area contributed by atoms with E-state index >= 15 is 0 Å². The van der Waals surface area contributed by atoms with Crippen molar-refractivity contribution in [3.63, 3.8) is 0 Å². The van der Waals surface area contributed by atoms with Crippen molar-refractivity contribution in [2.45, 2.75) is 26.7 Å². The van der Waals surface area contributed by atoms with Gasteiger partial charge in [0, 0.05) is 18.2 Å². The molecule has 0 saturated carbocycles. The first-order valence-electron chi connectivity index (χ1n) is 4.96. The van der Waals surface area contributed by atoms with E-state index in [1.54, 1.807) is 6.92 Å². The van der Waals surface area contributed by atoms with Crippen LogP contribution in [0, 0.1) is 6.92 Å². The Labute approximate surface area is 91.7 Å². The molecule has 6 heteroatoms. The first-order chi connectivity index (χ1) is 7.50. The second-order valence-electron chi connectivity index (χ2n) is 3.46. The van der Waals surface area contributed by atoms with Crippen molar-refractivity contribution < 1.29 is 9.53 Å². The van der Waals surface area contributed by atoms with Crippen LogP contribution in [0.2, 0.25) is 0 Å². The maximum absolute atomic E-state index is 11.2. The molecule has 88 valence electrons. The number of aryl methyl sites for hydroxylation is 1. The summed E-state index contributed by atoms with van der Waals surface area (Å²) in [5, 5.41) is 0. The van der Waals surface area contributed by atoms with Gasteiger partial charge in [-0.15, -0.1) is 0 Å². The first-order valence-corrected chi connectivity index (χ1v) is 4.96. The summed E-state index contributed by atoms with van der Waals surface area (Å²) >= 11 is 0. The summed E-state index contributed by atoms with van der Waals surface area (Å²) in [6, 6.07) is 0. The number of rotatable bonds is 4. The van der Waals surface area contributed by atoms with Gasteiger partial charge in [-0.05, 0) is 19.8 Å². The maximum atomic E-state index is 11.2. The highest BCUT2D eigenvalue weighted by molar-refractivity contribution is 5.65. The van der Waals surface area contributed by atoms with Gasteiger partial charge in [-0.2, -0.15) is 0 Å². The van der Waals surface area contributed by atoms with E-state index in [0.29, 0.717) is 24.1 Å². The van der Waals surface area contributed by atoms with Gasteiger partial charge < -0.3 is 9.72 Å². The van der Waals surface area contributed by atoms with E-state index in [1.165, 1.54) is 6.92 Å². The molecule has 0 saturated heterocycles. The van der Waals surface area contributed by atoms with E-state index in [1.807, 2.05) is 0 Å². The Hall–Kier alpha value is -1.85. The van der Waals surface area contributed by atoms with Crippen LogP contribution >= 0.6 is 0 Å². The smallest absolute Gasteiger partial charge is 0.325 e. The van der Waals surface area contributed by atoms with Gasteiger partial charge in [0.15, 0.2) is 0 Å². The number of esters is 1. The lowest BCUT2D eigenvalue weighted by atomic mass is 10.1. The molecule has 1 rings (SSSR count). The predicted molar refractivity (Wildman–Crippen MR) is 57.4 cm³/mol. The average Bonchev–Trinajstić information content (AvgIpc) is 2.19. The number of H-pyrrole nitrogens is 2. The van der Waals surface area contributed by atoms with E-state index in [0.717, 1.165) is 0 Å². The molecule has 1 aromatic heterocycles. The zero-order valence-electron chi connectivity index (χ0n) is 9.25. The quantitative estimate of drug-likeness (QED) is 0.552. The Morgan fingerprint density at radius 2 is 2.00 bits per heavy atom. The molecule has 0 spiro atoms. The normalized spacial score (nSPS) is 10.1. The number of ether oxygens (including phenoxy) is 1. The largest absolute Gasteiger partial charge is 0.466 e. The molecule has 6 nitrogen and oxygen atoms in total. The molecule has 0 aromatic carbocycles. The second kappa shape index (κ2) is 5.29. The Kier molecular flexibility index (Phi) is 4.04. The summed E-state index contributed by atoms with van der Waals surface area (Å²) in [4.78, 5) is 37.4. The highest BCUT2D eigenvalue weighted by Crippen LogP contribution is 2.00. The van der Waals surface area contributed by atoms with E-state index in [9.17, 15) is 14.4 Å². The van der Waals surface area contributed by atoms with Gasteiger partial charge in [0.25, 0.3) is 5.56 Å². The van der Waals surface area contributed by atoms with Gasteiger partial charge in [0.2, 0.25) is 0 Å². The number of nitrogens with one attached hydrogen (secondary N) is 2. The van der Waals surface area contributed by atoms with Crippen LogP contribution in [0.4, 0.5) is 0 Å². The molecule has 1 heterocycles. The van der Waals surface area contributed by atoms with Gasteiger partial charge in [-0.1, -0.05) is 0 Å². The summed E-state index contributed by atoms with van der Waals surface area (Å²) in [7, 11) is 0. The average molecular weight is 226 g/mol. The van der Waals surface area contributed by atoms with Crippen molar-refractivity contribution in [1.82, 2.24) is 9.97 Å². The lowest BCUT2D eigenvalue weighted by molar-refractivity contribution is -0.141. The van der Waals surface area contributed by atoms with Crippen LogP contribution in [0.1, 0.15) is 24.6 Å². The minimum absolute atomic E-state index is 0.281. The summed E-state index contributed by atoms with van der Waals surface area (Å²) < 4.78 is 4.75. The summed E-state index contributed by atoms with van der Waals surface area (Å²) in [5.74, 6) is -0.337. The van der Waals surface area contributed by atoms with Crippen LogP contribution in [-0.2, 0) is 16.0 Å². The molecule has 0 bridgehead atoms. The number of hydrogen-bond acceptors (Lipinski definition) is 4. The Morgan fingerprint density at radius 3 is 2.62 bits per heavy atom. The van der Waals surface area contributed by atoms with E-state index in [2.05, 4.69) is 9.97 Å². The van der Waals surface area contributed by atoms with Gasteiger partial charge >= 0.3 is 11.7 Å². The molecule has 0 aliphatic carbocycles. The number of aromatic amines is 2. The summed E-state index contributed by atoms with van der Waals surface area (Å²) in [6.45, 7) is 3.25. The Bertz CT molecular complexity index is 486. The fourth-order valence-corrected chi connectivity index (χ4v) is 1.31. The van der Waals surface area contributed by atoms with Crippen LogP contribution in [0.5, 0.6) is 0 Å². The minimum atomic E-state index is -0.516. The molecule has 0 radical (unpaired) electrons. The lowest BCUT2D eigenvalue weighted by Crippen LogP contribution is -2.26. The van der Waals surface area contributed by atoms with Crippen LogP contribution in [0.15, 0.2) is 9.59 Å². The Balaban J connectivity index is 2.64. The van der Waals surface area contributed by atoms with Crippen molar-refractivity contribution in [1.29, 1.82) is 0 Å². The predicted octanol–water partition coefficient (Wildman–Crippen LogP) is -0.133. The van der Waals surface area contributed by atoms with E-state index in [-0.39, 0.29) is 18.1 Å². The second-order valence-corrected chi connectivity index (χ2v) is 3.46. The van der Waals surface area contributed by atoms with Crippen molar-refractivity contribution in [2.75, 3.05) is 6.61 Å². The lowest BCUT2D eigenvalue weighted by Gasteiger charge is -2.04. The molecular weight excluding hydrogens is 212 g/mol. The zero-order valence-corrected chi connectivity index (χ0v) is 9.25. The third kappa shape index (κ3) is 3.38. The van der Waals surface area contributed by atoms with Crippen molar-refractivity contribution in [3.05, 3.63) is 32.1 Å². The molecule has 0 atom stereocenters. The molecule has 0 amide bonds. The molecule has 2 N–H and O–H groups in total. The minimum Gasteiger partial charge on any atom is -0.466 e. The maximum Gasteiger partial charge on any atom is 0.325 e. The Morgan fingerprint density at radius 1 is 1.31 bits per heavy atom. The van der Waals surface area contributed by atoms with Crippen LogP contribution in [0.3, 0.4) is 0 Å². The first kappa shape index (κ1) is 12.2. The monoisotopic (exact) mass is 226 g/mol. The summed E-state index contributed by atoms with van der Waals surface area (Å²) in [5.41, 5.74) is 0.174. The van der Waals surface area contributed by atoms with E-state index < -0.39 is 5.69 Å². The number of aromatic nitrogens is 2. The molecule has 0 unspecified atom stereocenters. The number of hydrogen-bond donors (Lipinski definition) is 2. The zero-order chi connectivity index (χ0) is 12.1. The third-order valence-corrected chi connectivity index (χ3v) is 2.16. The molecule has 0 aliphatic rings.